The number of anilines is 2. The van der Waals surface area contributed by atoms with E-state index in [1.165, 1.54) is 12.8 Å². The van der Waals surface area contributed by atoms with Crippen LogP contribution >= 0.6 is 0 Å². The number of nitrogen functional groups attached to an aromatic ring is 1. The first-order chi connectivity index (χ1) is 5.75. The Hall–Kier alpha value is -1.19. The van der Waals surface area contributed by atoms with Crippen molar-refractivity contribution in [1.82, 2.24) is 9.97 Å². The summed E-state index contributed by atoms with van der Waals surface area (Å²) in [5.74, 6) is 3.17. The van der Waals surface area contributed by atoms with Gasteiger partial charge in [-0.1, -0.05) is 0 Å². The zero-order valence-electron chi connectivity index (χ0n) is 7.22. The molecular formula is C8H14N4. The second-order valence-electron chi connectivity index (χ2n) is 3.41. The minimum atomic E-state index is 0.646. The van der Waals surface area contributed by atoms with Gasteiger partial charge < -0.3 is 16.0 Å². The highest BCUT2D eigenvalue weighted by molar-refractivity contribution is 5.56. The van der Waals surface area contributed by atoms with Crippen molar-refractivity contribution < 1.29 is 0 Å². The van der Waals surface area contributed by atoms with E-state index in [1.807, 2.05) is 6.92 Å². The molecule has 0 amide bonds. The molecule has 0 aromatic carbocycles. The van der Waals surface area contributed by atoms with Crippen LogP contribution in [0.4, 0.5) is 11.6 Å². The van der Waals surface area contributed by atoms with E-state index in [0.717, 1.165) is 24.1 Å². The summed E-state index contributed by atoms with van der Waals surface area (Å²) in [7, 11) is 0. The van der Waals surface area contributed by atoms with E-state index in [-0.39, 0.29) is 0 Å². The van der Waals surface area contributed by atoms with E-state index >= 15 is 0 Å². The van der Waals surface area contributed by atoms with Gasteiger partial charge in [-0.05, 0) is 25.7 Å². The summed E-state index contributed by atoms with van der Waals surface area (Å²) in [6.45, 7) is 2.91. The van der Waals surface area contributed by atoms with Crippen molar-refractivity contribution in [1.29, 1.82) is 0 Å². The Balaban J connectivity index is 1.96. The Morgan fingerprint density at radius 2 is 2.42 bits per heavy atom. The van der Waals surface area contributed by atoms with Gasteiger partial charge in [0.2, 0.25) is 0 Å². The molecular weight excluding hydrogens is 152 g/mol. The smallest absolute Gasteiger partial charge is 0.168 e. The first-order valence-electron chi connectivity index (χ1n) is 4.31. The fourth-order valence-corrected chi connectivity index (χ4v) is 1.21. The molecule has 4 N–H and O–H groups in total. The van der Waals surface area contributed by atoms with E-state index in [4.69, 9.17) is 5.73 Å². The molecule has 4 nitrogen and oxygen atoms in total. The number of hydrogen-bond donors (Lipinski definition) is 3. The summed E-state index contributed by atoms with van der Waals surface area (Å²) in [6.07, 6.45) is 2.69. The van der Waals surface area contributed by atoms with Crippen molar-refractivity contribution >= 4 is 11.6 Å². The molecule has 0 aliphatic heterocycles. The van der Waals surface area contributed by atoms with Gasteiger partial charge in [-0.3, -0.25) is 0 Å². The number of aromatic nitrogens is 2. The zero-order chi connectivity index (χ0) is 8.55. The van der Waals surface area contributed by atoms with Crippen LogP contribution < -0.4 is 11.1 Å². The maximum atomic E-state index is 5.67. The third kappa shape index (κ3) is 1.52. The van der Waals surface area contributed by atoms with Gasteiger partial charge in [0.15, 0.2) is 5.82 Å². The average Bonchev–Trinajstić information content (AvgIpc) is 2.76. The molecule has 4 heteroatoms. The number of nitrogens with two attached hydrogens (primary N) is 1. The van der Waals surface area contributed by atoms with Crippen LogP contribution in [-0.4, -0.2) is 16.5 Å². The van der Waals surface area contributed by atoms with Crippen LogP contribution in [-0.2, 0) is 0 Å². The fourth-order valence-electron chi connectivity index (χ4n) is 1.21. The molecule has 0 spiro atoms. The molecule has 66 valence electrons. The van der Waals surface area contributed by atoms with Crippen molar-refractivity contribution in [2.45, 2.75) is 19.8 Å². The average molecular weight is 166 g/mol. The Morgan fingerprint density at radius 1 is 1.67 bits per heavy atom. The Labute approximate surface area is 71.6 Å². The predicted molar refractivity (Wildman–Crippen MR) is 49.0 cm³/mol. The quantitative estimate of drug-likeness (QED) is 0.630. The largest absolute Gasteiger partial charge is 0.382 e. The van der Waals surface area contributed by atoms with Crippen molar-refractivity contribution in [3.8, 4) is 0 Å². The number of aryl methyl sites for hydroxylation is 1. The van der Waals surface area contributed by atoms with E-state index in [2.05, 4.69) is 15.3 Å². The monoisotopic (exact) mass is 166 g/mol. The van der Waals surface area contributed by atoms with Crippen molar-refractivity contribution in [3.05, 3.63) is 5.82 Å². The number of aromatic amines is 1. The van der Waals surface area contributed by atoms with Gasteiger partial charge in [-0.25, -0.2) is 4.98 Å². The lowest BCUT2D eigenvalue weighted by Crippen LogP contribution is -2.05. The lowest BCUT2D eigenvalue weighted by molar-refractivity contribution is 0.884. The molecule has 0 unspecified atom stereocenters. The topological polar surface area (TPSA) is 66.7 Å². The number of rotatable bonds is 3. The molecule has 1 saturated carbocycles. The summed E-state index contributed by atoms with van der Waals surface area (Å²) in [4.78, 5) is 7.17. The van der Waals surface area contributed by atoms with Crippen LogP contribution in [0.5, 0.6) is 0 Å². The highest BCUT2D eigenvalue weighted by Gasteiger charge is 2.21. The van der Waals surface area contributed by atoms with Crippen LogP contribution in [0.3, 0.4) is 0 Å². The second kappa shape index (κ2) is 2.69. The summed E-state index contributed by atoms with van der Waals surface area (Å²) >= 11 is 0. The molecule has 12 heavy (non-hydrogen) atoms. The highest BCUT2D eigenvalue weighted by Crippen LogP contribution is 2.29. The van der Waals surface area contributed by atoms with Crippen molar-refractivity contribution in [3.63, 3.8) is 0 Å². The van der Waals surface area contributed by atoms with E-state index in [9.17, 15) is 0 Å². The molecule has 2 rings (SSSR count). The van der Waals surface area contributed by atoms with Gasteiger partial charge in [0.05, 0.1) is 0 Å². The van der Waals surface area contributed by atoms with Crippen LogP contribution in [0.2, 0.25) is 0 Å². The number of hydrogen-bond acceptors (Lipinski definition) is 3. The lowest BCUT2D eigenvalue weighted by atomic mass is 10.4. The number of H-pyrrole nitrogens is 1. The molecule has 1 aromatic heterocycles. The molecule has 1 aliphatic rings. The summed E-state index contributed by atoms with van der Waals surface area (Å²) in [6, 6.07) is 0. The molecule has 1 heterocycles. The first-order valence-corrected chi connectivity index (χ1v) is 4.31. The summed E-state index contributed by atoms with van der Waals surface area (Å²) < 4.78 is 0. The Morgan fingerprint density at radius 3 is 2.92 bits per heavy atom. The lowest BCUT2D eigenvalue weighted by Gasteiger charge is -2.00. The van der Waals surface area contributed by atoms with Crippen molar-refractivity contribution in [2.24, 2.45) is 5.92 Å². The van der Waals surface area contributed by atoms with Gasteiger partial charge in [0, 0.05) is 6.54 Å². The molecule has 1 aromatic rings. The van der Waals surface area contributed by atoms with Crippen LogP contribution in [0.15, 0.2) is 0 Å². The summed E-state index contributed by atoms with van der Waals surface area (Å²) in [5, 5.41) is 3.23. The third-order valence-electron chi connectivity index (χ3n) is 2.11. The normalized spacial score (nSPS) is 16.4. The van der Waals surface area contributed by atoms with Gasteiger partial charge in [-0.2, -0.15) is 0 Å². The summed E-state index contributed by atoms with van der Waals surface area (Å²) in [5.41, 5.74) is 5.67. The van der Waals surface area contributed by atoms with Gasteiger partial charge >= 0.3 is 0 Å². The van der Waals surface area contributed by atoms with E-state index in [1.54, 1.807) is 0 Å². The van der Waals surface area contributed by atoms with E-state index in [0.29, 0.717) is 5.82 Å². The van der Waals surface area contributed by atoms with Crippen LogP contribution in [0.1, 0.15) is 18.7 Å². The van der Waals surface area contributed by atoms with Crippen molar-refractivity contribution in [2.75, 3.05) is 17.6 Å². The minimum Gasteiger partial charge on any atom is -0.382 e. The molecule has 0 atom stereocenters. The predicted octanol–water partition coefficient (Wildman–Crippen LogP) is 1.12. The number of nitrogens with one attached hydrogen (secondary N) is 2. The first kappa shape index (κ1) is 7.46. The SMILES string of the molecule is Cc1nc(NCC2CC2)c(N)[nH]1. The maximum absolute atomic E-state index is 5.67. The zero-order valence-corrected chi connectivity index (χ0v) is 7.22. The highest BCUT2D eigenvalue weighted by atomic mass is 15.1. The van der Waals surface area contributed by atoms with Crippen LogP contribution in [0.25, 0.3) is 0 Å². The maximum Gasteiger partial charge on any atom is 0.168 e. The third-order valence-corrected chi connectivity index (χ3v) is 2.11. The number of imidazole rings is 1. The van der Waals surface area contributed by atoms with Gasteiger partial charge in [-0.15, -0.1) is 0 Å². The Kier molecular flexibility index (Phi) is 1.67. The van der Waals surface area contributed by atoms with Gasteiger partial charge in [0.1, 0.15) is 11.6 Å². The fraction of sp³-hybridized carbons (Fsp3) is 0.625. The standard InChI is InChI=1S/C8H14N4/c1-5-11-7(9)8(12-5)10-4-6-2-3-6/h6,10H,2-4,9H2,1H3,(H,11,12). The molecule has 0 saturated heterocycles. The van der Waals surface area contributed by atoms with Gasteiger partial charge in [0.25, 0.3) is 0 Å². The molecule has 1 aliphatic carbocycles. The molecule has 1 fully saturated rings. The molecule has 0 radical (unpaired) electrons. The van der Waals surface area contributed by atoms with Crippen LogP contribution in [0, 0.1) is 12.8 Å². The minimum absolute atomic E-state index is 0.646. The molecule has 0 bridgehead atoms. The second-order valence-corrected chi connectivity index (χ2v) is 3.41. The number of nitrogens with zero attached hydrogens (tertiary/aromatic N) is 1. The van der Waals surface area contributed by atoms with E-state index < -0.39 is 0 Å². The Bertz CT molecular complexity index is 275.